The molecule has 23 heavy (non-hydrogen) atoms. The summed E-state index contributed by atoms with van der Waals surface area (Å²) < 4.78 is 35.9. The molecule has 0 aliphatic rings. The van der Waals surface area contributed by atoms with Gasteiger partial charge in [0.1, 0.15) is 16.2 Å². The first-order valence-corrected chi connectivity index (χ1v) is 8.83. The third-order valence-corrected chi connectivity index (χ3v) is 5.06. The summed E-state index contributed by atoms with van der Waals surface area (Å²) in [5, 5.41) is 0.802. The lowest BCUT2D eigenvalue weighted by Gasteiger charge is -2.10. The normalized spacial score (nSPS) is 11.4. The lowest BCUT2D eigenvalue weighted by atomic mass is 10.2. The zero-order valence-electron chi connectivity index (χ0n) is 12.1. The Morgan fingerprint density at radius 2 is 1.83 bits per heavy atom. The molecule has 2 aromatic carbocycles. The average molecular weight is 394 g/mol. The number of halogens is 1. The van der Waals surface area contributed by atoms with Crippen LogP contribution in [0, 0.1) is 0 Å². The standard InChI is InChI=1S/C16H12BrNO4S/c1-21-14-8-7-12(10-13(14)17)23(19,20)22-15-6-2-4-11-5-3-9-18-16(11)15/h2-10H,1H3. The molecule has 0 saturated carbocycles. The van der Waals surface area contributed by atoms with Crippen LogP contribution in [0.15, 0.2) is 64.1 Å². The molecule has 0 saturated heterocycles. The van der Waals surface area contributed by atoms with Crippen molar-refractivity contribution in [2.45, 2.75) is 4.90 Å². The minimum Gasteiger partial charge on any atom is -0.496 e. The van der Waals surface area contributed by atoms with E-state index < -0.39 is 10.1 Å². The monoisotopic (exact) mass is 393 g/mol. The molecule has 0 atom stereocenters. The number of methoxy groups -OCH3 is 1. The molecule has 0 radical (unpaired) electrons. The second kappa shape index (κ2) is 6.17. The fraction of sp³-hybridized carbons (Fsp3) is 0.0625. The van der Waals surface area contributed by atoms with E-state index in [-0.39, 0.29) is 10.6 Å². The number of ether oxygens (including phenoxy) is 1. The van der Waals surface area contributed by atoms with Crippen LogP contribution in [0.2, 0.25) is 0 Å². The summed E-state index contributed by atoms with van der Waals surface area (Å²) >= 11 is 3.27. The van der Waals surface area contributed by atoms with Crippen molar-refractivity contribution >= 4 is 37.0 Å². The molecule has 0 amide bonds. The van der Waals surface area contributed by atoms with Gasteiger partial charge in [-0.1, -0.05) is 18.2 Å². The molecule has 5 nitrogen and oxygen atoms in total. The predicted molar refractivity (Wildman–Crippen MR) is 90.3 cm³/mol. The Hall–Kier alpha value is -2.12. The van der Waals surface area contributed by atoms with E-state index in [1.807, 2.05) is 12.1 Å². The van der Waals surface area contributed by atoms with Crippen LogP contribution in [0.3, 0.4) is 0 Å². The molecule has 3 aromatic rings. The minimum absolute atomic E-state index is 0.0260. The predicted octanol–water partition coefficient (Wildman–Crippen LogP) is 3.77. The Labute approximate surface area is 142 Å². The number of hydrogen-bond donors (Lipinski definition) is 0. The van der Waals surface area contributed by atoms with Gasteiger partial charge in [0.05, 0.1) is 11.6 Å². The Morgan fingerprint density at radius 3 is 2.57 bits per heavy atom. The molecular formula is C16H12BrNO4S. The molecule has 3 rings (SSSR count). The highest BCUT2D eigenvalue weighted by atomic mass is 79.9. The number of hydrogen-bond acceptors (Lipinski definition) is 5. The summed E-state index contributed by atoms with van der Waals surface area (Å²) in [7, 11) is -2.47. The van der Waals surface area contributed by atoms with Gasteiger partial charge in [-0.25, -0.2) is 0 Å². The van der Waals surface area contributed by atoms with Crippen molar-refractivity contribution in [1.29, 1.82) is 0 Å². The van der Waals surface area contributed by atoms with Gasteiger partial charge in [-0.05, 0) is 46.3 Å². The Balaban J connectivity index is 2.02. The average Bonchev–Trinajstić information content (AvgIpc) is 2.55. The third kappa shape index (κ3) is 3.16. The summed E-state index contributed by atoms with van der Waals surface area (Å²) in [6.45, 7) is 0. The van der Waals surface area contributed by atoms with Crippen molar-refractivity contribution in [3.8, 4) is 11.5 Å². The van der Waals surface area contributed by atoms with Crippen LogP contribution in [-0.2, 0) is 10.1 Å². The second-order valence-electron chi connectivity index (χ2n) is 4.67. The van der Waals surface area contributed by atoms with E-state index in [1.165, 1.54) is 19.2 Å². The van der Waals surface area contributed by atoms with Gasteiger partial charge in [-0.15, -0.1) is 0 Å². The quantitative estimate of drug-likeness (QED) is 0.631. The van der Waals surface area contributed by atoms with E-state index in [9.17, 15) is 8.42 Å². The largest absolute Gasteiger partial charge is 0.496 e. The maximum absolute atomic E-state index is 12.5. The van der Waals surface area contributed by atoms with Crippen molar-refractivity contribution < 1.29 is 17.3 Å². The number of rotatable bonds is 4. The van der Waals surface area contributed by atoms with Crippen molar-refractivity contribution in [3.63, 3.8) is 0 Å². The SMILES string of the molecule is COc1ccc(S(=O)(=O)Oc2cccc3cccnc23)cc1Br. The molecule has 0 unspecified atom stereocenters. The van der Waals surface area contributed by atoms with Crippen LogP contribution in [0.1, 0.15) is 0 Å². The lowest BCUT2D eigenvalue weighted by molar-refractivity contribution is 0.411. The Bertz CT molecular complexity index is 967. The molecule has 0 bridgehead atoms. The molecule has 0 aliphatic heterocycles. The molecule has 7 heteroatoms. The molecule has 0 N–H and O–H groups in total. The van der Waals surface area contributed by atoms with Gasteiger partial charge >= 0.3 is 10.1 Å². The molecule has 0 spiro atoms. The van der Waals surface area contributed by atoms with E-state index in [0.29, 0.717) is 15.7 Å². The number of nitrogens with zero attached hydrogens (tertiary/aromatic N) is 1. The first-order chi connectivity index (χ1) is 11.0. The highest BCUT2D eigenvalue weighted by Gasteiger charge is 2.19. The second-order valence-corrected chi connectivity index (χ2v) is 7.07. The first-order valence-electron chi connectivity index (χ1n) is 6.63. The fourth-order valence-electron chi connectivity index (χ4n) is 2.11. The van der Waals surface area contributed by atoms with Gasteiger partial charge in [-0.3, -0.25) is 4.98 Å². The van der Waals surface area contributed by atoms with Crippen molar-refractivity contribution in [3.05, 3.63) is 59.2 Å². The number of para-hydroxylation sites is 1. The van der Waals surface area contributed by atoms with Crippen molar-refractivity contribution in [2.24, 2.45) is 0 Å². The fourth-order valence-corrected chi connectivity index (χ4v) is 3.77. The third-order valence-electron chi connectivity index (χ3n) is 3.21. The molecular weight excluding hydrogens is 382 g/mol. The number of aromatic nitrogens is 1. The van der Waals surface area contributed by atoms with Crippen LogP contribution in [0.25, 0.3) is 10.9 Å². The van der Waals surface area contributed by atoms with Gasteiger partial charge in [0, 0.05) is 11.6 Å². The van der Waals surface area contributed by atoms with E-state index >= 15 is 0 Å². The van der Waals surface area contributed by atoms with Crippen molar-refractivity contribution in [2.75, 3.05) is 7.11 Å². The topological polar surface area (TPSA) is 65.5 Å². The molecule has 1 aromatic heterocycles. The summed E-state index contributed by atoms with van der Waals surface area (Å²) in [5.41, 5.74) is 0.492. The number of fused-ring (bicyclic) bond motifs is 1. The molecule has 0 aliphatic carbocycles. The molecule has 1 heterocycles. The van der Waals surface area contributed by atoms with Crippen LogP contribution in [-0.4, -0.2) is 20.5 Å². The van der Waals surface area contributed by atoms with Crippen LogP contribution in [0.4, 0.5) is 0 Å². The molecule has 0 fully saturated rings. The van der Waals surface area contributed by atoms with Gasteiger partial charge in [0.15, 0.2) is 5.75 Å². The van der Waals surface area contributed by atoms with E-state index in [4.69, 9.17) is 8.92 Å². The smallest absolute Gasteiger partial charge is 0.339 e. The van der Waals surface area contributed by atoms with Crippen LogP contribution >= 0.6 is 15.9 Å². The Morgan fingerprint density at radius 1 is 1.04 bits per heavy atom. The van der Waals surface area contributed by atoms with Crippen molar-refractivity contribution in [1.82, 2.24) is 4.98 Å². The van der Waals surface area contributed by atoms with E-state index in [2.05, 4.69) is 20.9 Å². The van der Waals surface area contributed by atoms with Gasteiger partial charge in [0.2, 0.25) is 0 Å². The summed E-state index contributed by atoms with van der Waals surface area (Å²) in [6.07, 6.45) is 1.59. The van der Waals surface area contributed by atoms with Gasteiger partial charge in [0.25, 0.3) is 0 Å². The van der Waals surface area contributed by atoms with E-state index in [1.54, 1.807) is 30.5 Å². The Kier molecular flexibility index (Phi) is 4.23. The number of pyridine rings is 1. The van der Waals surface area contributed by atoms with Crippen LogP contribution < -0.4 is 8.92 Å². The summed E-state index contributed by atoms with van der Waals surface area (Å²) in [4.78, 5) is 4.21. The zero-order chi connectivity index (χ0) is 16.4. The van der Waals surface area contributed by atoms with Crippen LogP contribution in [0.5, 0.6) is 11.5 Å². The summed E-state index contributed by atoms with van der Waals surface area (Å²) in [6, 6.07) is 13.2. The zero-order valence-corrected chi connectivity index (χ0v) is 14.5. The highest BCUT2D eigenvalue weighted by Crippen LogP contribution is 2.30. The van der Waals surface area contributed by atoms with Gasteiger partial charge in [-0.2, -0.15) is 8.42 Å². The highest BCUT2D eigenvalue weighted by molar-refractivity contribution is 9.10. The number of benzene rings is 2. The lowest BCUT2D eigenvalue weighted by Crippen LogP contribution is -2.10. The summed E-state index contributed by atoms with van der Waals surface area (Å²) in [5.74, 6) is 0.728. The van der Waals surface area contributed by atoms with Gasteiger partial charge < -0.3 is 8.92 Å². The maximum atomic E-state index is 12.5. The minimum atomic E-state index is -3.98. The molecule has 118 valence electrons. The van der Waals surface area contributed by atoms with E-state index in [0.717, 1.165) is 5.39 Å². The maximum Gasteiger partial charge on any atom is 0.339 e. The first kappa shape index (κ1) is 15.8.